The lowest BCUT2D eigenvalue weighted by atomic mass is 9.87. The minimum absolute atomic E-state index is 0.0314. The van der Waals surface area contributed by atoms with Crippen LogP contribution in [0.15, 0.2) is 48.5 Å². The molecule has 9 heteroatoms. The number of rotatable bonds is 10. The summed E-state index contributed by atoms with van der Waals surface area (Å²) in [4.78, 5) is 28.0. The van der Waals surface area contributed by atoms with Crippen molar-refractivity contribution in [2.24, 2.45) is 0 Å². The number of carbonyl (C=O) groups is 2. The highest BCUT2D eigenvalue weighted by atomic mass is 32.2. The summed E-state index contributed by atoms with van der Waals surface area (Å²) in [7, 11) is -3.81. The Hall–Kier alpha value is -2.94. The number of carbonyl (C=O) groups excluding carboxylic acids is 2. The van der Waals surface area contributed by atoms with Crippen LogP contribution in [0.3, 0.4) is 0 Å². The van der Waals surface area contributed by atoms with Crippen LogP contribution >= 0.6 is 0 Å². The zero-order valence-corrected chi connectivity index (χ0v) is 23.0. The van der Waals surface area contributed by atoms with E-state index in [0.29, 0.717) is 17.7 Å². The average Bonchev–Trinajstić information content (AvgIpc) is 2.76. The molecule has 198 valence electrons. The first-order valence-corrected chi connectivity index (χ1v) is 13.9. The topological polar surface area (TPSA) is 86.8 Å². The molecule has 0 heterocycles. The molecule has 7 nitrogen and oxygen atoms in total. The fourth-order valence-electron chi connectivity index (χ4n) is 3.83. The molecule has 2 aromatic carbocycles. The molecule has 36 heavy (non-hydrogen) atoms. The maximum atomic E-state index is 13.6. The van der Waals surface area contributed by atoms with Crippen molar-refractivity contribution in [3.05, 3.63) is 65.5 Å². The molecule has 2 rings (SSSR count). The fourth-order valence-corrected chi connectivity index (χ4v) is 4.68. The van der Waals surface area contributed by atoms with Gasteiger partial charge in [0.05, 0.1) is 11.9 Å². The quantitative estimate of drug-likeness (QED) is 0.509. The Balaban J connectivity index is 2.44. The SMILES string of the molecule is CCC(C(=O)NC(C)C)N(Cc1ccc(F)cc1)C(=O)CN(c1ccc(C(C)(C)C)cc1)S(C)(=O)=O. The average molecular weight is 520 g/mol. The number of halogens is 1. The molecule has 0 radical (unpaired) electrons. The van der Waals surface area contributed by atoms with E-state index in [1.165, 1.54) is 17.0 Å². The van der Waals surface area contributed by atoms with Crippen molar-refractivity contribution in [1.29, 1.82) is 0 Å². The van der Waals surface area contributed by atoms with Crippen LogP contribution in [0.4, 0.5) is 10.1 Å². The molecule has 0 aliphatic carbocycles. The number of benzene rings is 2. The zero-order valence-electron chi connectivity index (χ0n) is 22.2. The van der Waals surface area contributed by atoms with Crippen LogP contribution in [0.2, 0.25) is 0 Å². The first-order valence-electron chi connectivity index (χ1n) is 12.1. The summed E-state index contributed by atoms with van der Waals surface area (Å²) in [5.74, 6) is -1.28. The van der Waals surface area contributed by atoms with Crippen LogP contribution in [-0.2, 0) is 31.6 Å². The zero-order chi connectivity index (χ0) is 27.3. The Morgan fingerprint density at radius 1 is 1.00 bits per heavy atom. The van der Waals surface area contributed by atoms with Gasteiger partial charge < -0.3 is 10.2 Å². The number of nitrogens with one attached hydrogen (secondary N) is 1. The molecule has 0 aromatic heterocycles. The van der Waals surface area contributed by atoms with Gasteiger partial charge in [-0.2, -0.15) is 0 Å². The summed E-state index contributed by atoms with van der Waals surface area (Å²) in [6, 6.07) is 11.8. The highest BCUT2D eigenvalue weighted by Crippen LogP contribution is 2.26. The Morgan fingerprint density at radius 2 is 1.56 bits per heavy atom. The van der Waals surface area contributed by atoms with Gasteiger partial charge in [-0.15, -0.1) is 0 Å². The molecule has 1 unspecified atom stereocenters. The summed E-state index contributed by atoms with van der Waals surface area (Å²) in [6.07, 6.45) is 1.37. The molecule has 2 aromatic rings. The maximum Gasteiger partial charge on any atom is 0.244 e. The number of sulfonamides is 1. The van der Waals surface area contributed by atoms with E-state index in [9.17, 15) is 22.4 Å². The van der Waals surface area contributed by atoms with E-state index in [4.69, 9.17) is 0 Å². The molecule has 0 aliphatic rings. The lowest BCUT2D eigenvalue weighted by molar-refractivity contribution is -0.140. The normalized spacial score (nSPS) is 12.8. The number of nitrogens with zero attached hydrogens (tertiary/aromatic N) is 2. The Bertz CT molecular complexity index is 1140. The molecule has 0 aliphatic heterocycles. The first-order chi connectivity index (χ1) is 16.6. The monoisotopic (exact) mass is 519 g/mol. The molecule has 2 amide bonds. The third kappa shape index (κ3) is 8.05. The number of hydrogen-bond acceptors (Lipinski definition) is 4. The van der Waals surface area contributed by atoms with Gasteiger partial charge in [-0.25, -0.2) is 12.8 Å². The van der Waals surface area contributed by atoms with Gasteiger partial charge in [0.2, 0.25) is 21.8 Å². The van der Waals surface area contributed by atoms with Gasteiger partial charge in [-0.1, -0.05) is 52.0 Å². The van der Waals surface area contributed by atoms with Gasteiger partial charge in [0.1, 0.15) is 18.4 Å². The van der Waals surface area contributed by atoms with Gasteiger partial charge in [-0.3, -0.25) is 13.9 Å². The largest absolute Gasteiger partial charge is 0.352 e. The lowest BCUT2D eigenvalue weighted by Gasteiger charge is -2.33. The van der Waals surface area contributed by atoms with Gasteiger partial charge in [0.15, 0.2) is 0 Å². The van der Waals surface area contributed by atoms with Gasteiger partial charge >= 0.3 is 0 Å². The molecule has 0 saturated carbocycles. The predicted octanol–water partition coefficient (Wildman–Crippen LogP) is 4.22. The Kier molecular flexibility index (Phi) is 9.65. The molecule has 1 atom stereocenters. The van der Waals surface area contributed by atoms with Crippen molar-refractivity contribution < 1.29 is 22.4 Å². The summed E-state index contributed by atoms with van der Waals surface area (Å²) in [5.41, 5.74) is 1.90. The highest BCUT2D eigenvalue weighted by Gasteiger charge is 2.32. The van der Waals surface area contributed by atoms with Gasteiger partial charge in [0, 0.05) is 12.6 Å². The second kappa shape index (κ2) is 11.9. The summed E-state index contributed by atoms with van der Waals surface area (Å²) < 4.78 is 39.9. The molecular weight excluding hydrogens is 481 g/mol. The van der Waals surface area contributed by atoms with E-state index >= 15 is 0 Å². The van der Waals surface area contributed by atoms with Crippen LogP contribution in [0.5, 0.6) is 0 Å². The molecule has 0 fully saturated rings. The van der Waals surface area contributed by atoms with Crippen molar-refractivity contribution >= 4 is 27.5 Å². The van der Waals surface area contributed by atoms with Gasteiger partial charge in [-0.05, 0) is 61.1 Å². The standard InChI is InChI=1S/C27H38FN3O4S/c1-8-24(26(33)29-19(2)3)30(17-20-9-13-22(28)14-10-20)25(32)18-31(36(7,34)35)23-15-11-21(12-16-23)27(4,5)6/h9-16,19,24H,8,17-18H2,1-7H3,(H,29,33). The minimum atomic E-state index is -3.81. The maximum absolute atomic E-state index is 13.6. The van der Waals surface area contributed by atoms with Crippen molar-refractivity contribution in [3.8, 4) is 0 Å². The number of anilines is 1. The lowest BCUT2D eigenvalue weighted by Crippen LogP contribution is -2.53. The van der Waals surface area contributed by atoms with Crippen LogP contribution < -0.4 is 9.62 Å². The van der Waals surface area contributed by atoms with E-state index in [1.807, 2.05) is 26.0 Å². The van der Waals surface area contributed by atoms with Crippen molar-refractivity contribution in [3.63, 3.8) is 0 Å². The second-order valence-electron chi connectivity index (χ2n) is 10.3. The third-order valence-corrected chi connectivity index (χ3v) is 6.92. The van der Waals surface area contributed by atoms with E-state index < -0.39 is 34.3 Å². The molecule has 0 spiro atoms. The van der Waals surface area contributed by atoms with Crippen molar-refractivity contribution in [2.75, 3.05) is 17.1 Å². The van der Waals surface area contributed by atoms with Crippen molar-refractivity contribution in [2.45, 2.75) is 72.0 Å². The number of hydrogen-bond donors (Lipinski definition) is 1. The van der Waals surface area contributed by atoms with Crippen LogP contribution in [0.1, 0.15) is 59.1 Å². The first kappa shape index (κ1) is 29.3. The second-order valence-corrected chi connectivity index (χ2v) is 12.2. The highest BCUT2D eigenvalue weighted by molar-refractivity contribution is 7.92. The molecular formula is C27H38FN3O4S. The molecule has 0 saturated heterocycles. The van der Waals surface area contributed by atoms with E-state index in [0.717, 1.165) is 16.1 Å². The van der Waals surface area contributed by atoms with E-state index in [-0.39, 0.29) is 23.9 Å². The Morgan fingerprint density at radius 3 is 2.00 bits per heavy atom. The summed E-state index contributed by atoms with van der Waals surface area (Å²) in [5, 5.41) is 2.83. The van der Waals surface area contributed by atoms with Crippen LogP contribution in [-0.4, -0.2) is 50.0 Å². The van der Waals surface area contributed by atoms with Crippen molar-refractivity contribution in [1.82, 2.24) is 10.2 Å². The third-order valence-electron chi connectivity index (χ3n) is 5.78. The fraction of sp³-hybridized carbons (Fsp3) is 0.481. The minimum Gasteiger partial charge on any atom is -0.352 e. The smallest absolute Gasteiger partial charge is 0.244 e. The molecule has 1 N–H and O–H groups in total. The van der Waals surface area contributed by atoms with Crippen LogP contribution in [0.25, 0.3) is 0 Å². The van der Waals surface area contributed by atoms with Gasteiger partial charge in [0.25, 0.3) is 0 Å². The van der Waals surface area contributed by atoms with E-state index in [2.05, 4.69) is 26.1 Å². The number of amides is 2. The molecule has 0 bridgehead atoms. The summed E-state index contributed by atoms with van der Waals surface area (Å²) >= 11 is 0. The Labute approximate surface area is 214 Å². The van der Waals surface area contributed by atoms with E-state index in [1.54, 1.807) is 31.2 Å². The van der Waals surface area contributed by atoms with Crippen LogP contribution in [0, 0.1) is 5.82 Å². The summed E-state index contributed by atoms with van der Waals surface area (Å²) in [6.45, 7) is 11.2. The predicted molar refractivity (Wildman–Crippen MR) is 142 cm³/mol.